The van der Waals surface area contributed by atoms with Crippen LogP contribution in [-0.2, 0) is 10.0 Å². The summed E-state index contributed by atoms with van der Waals surface area (Å²) in [7, 11) is -1.88. The van der Waals surface area contributed by atoms with Crippen LogP contribution in [0.15, 0.2) is 17.0 Å². The minimum absolute atomic E-state index is 0.356. The number of hydrogen-bond donors (Lipinski definition) is 0. The van der Waals surface area contributed by atoms with Crippen molar-refractivity contribution in [1.29, 1.82) is 0 Å². The average molecular weight is 312 g/mol. The van der Waals surface area contributed by atoms with E-state index < -0.39 is 10.0 Å². The van der Waals surface area contributed by atoms with E-state index >= 15 is 0 Å². The third kappa shape index (κ3) is 3.22. The van der Waals surface area contributed by atoms with Gasteiger partial charge in [0.1, 0.15) is 5.75 Å². The predicted octanol–water partition coefficient (Wildman–Crippen LogP) is 1.64. The first-order chi connectivity index (χ1) is 9.90. The maximum Gasteiger partial charge on any atom is 0.243 e. The summed E-state index contributed by atoms with van der Waals surface area (Å²) in [5.41, 5.74) is 1.72. The third-order valence-corrected chi connectivity index (χ3v) is 6.13. The Bertz CT molecular complexity index is 606. The second kappa shape index (κ2) is 6.34. The Labute approximate surface area is 127 Å². The topological polar surface area (TPSA) is 49.9 Å². The number of methoxy groups -OCH3 is 1. The van der Waals surface area contributed by atoms with Gasteiger partial charge < -0.3 is 9.64 Å². The molecule has 1 fully saturated rings. The molecule has 0 bridgehead atoms. The summed E-state index contributed by atoms with van der Waals surface area (Å²) < 4.78 is 32.5. The van der Waals surface area contributed by atoms with E-state index in [1.54, 1.807) is 17.5 Å². The SMILES string of the molecule is CCN1CCN(S(=O)(=O)c2cc(OC)c(C)cc2C)CC1. The monoisotopic (exact) mass is 312 g/mol. The molecular formula is C15H24N2O3S. The first kappa shape index (κ1) is 16.3. The lowest BCUT2D eigenvalue weighted by atomic mass is 10.1. The van der Waals surface area contributed by atoms with E-state index in [2.05, 4.69) is 11.8 Å². The summed E-state index contributed by atoms with van der Waals surface area (Å²) >= 11 is 0. The van der Waals surface area contributed by atoms with Crippen LogP contribution >= 0.6 is 0 Å². The molecule has 1 heterocycles. The Morgan fingerprint density at radius 2 is 1.71 bits per heavy atom. The second-order valence-corrected chi connectivity index (χ2v) is 7.33. The zero-order chi connectivity index (χ0) is 15.6. The lowest BCUT2D eigenvalue weighted by Gasteiger charge is -2.33. The van der Waals surface area contributed by atoms with Crippen molar-refractivity contribution in [2.75, 3.05) is 39.8 Å². The van der Waals surface area contributed by atoms with Crippen LogP contribution in [0.1, 0.15) is 18.1 Å². The largest absolute Gasteiger partial charge is 0.496 e. The molecule has 2 rings (SSSR count). The van der Waals surface area contributed by atoms with Crippen LogP contribution < -0.4 is 4.74 Å². The molecule has 5 nitrogen and oxygen atoms in total. The van der Waals surface area contributed by atoms with Crippen LogP contribution in [-0.4, -0.2) is 57.5 Å². The molecule has 0 spiro atoms. The van der Waals surface area contributed by atoms with Gasteiger partial charge in [0.25, 0.3) is 0 Å². The molecule has 1 aromatic carbocycles. The molecule has 0 radical (unpaired) electrons. The highest BCUT2D eigenvalue weighted by Gasteiger charge is 2.29. The highest BCUT2D eigenvalue weighted by Crippen LogP contribution is 2.28. The Morgan fingerprint density at radius 3 is 2.24 bits per heavy atom. The first-order valence-corrected chi connectivity index (χ1v) is 8.72. The fourth-order valence-corrected chi connectivity index (χ4v) is 4.38. The molecule has 0 aliphatic carbocycles. The highest BCUT2D eigenvalue weighted by atomic mass is 32.2. The molecule has 1 aliphatic rings. The van der Waals surface area contributed by atoms with Crippen molar-refractivity contribution >= 4 is 10.0 Å². The number of ether oxygens (including phenoxy) is 1. The van der Waals surface area contributed by atoms with Gasteiger partial charge in [0.2, 0.25) is 10.0 Å². The molecule has 1 aliphatic heterocycles. The maximum atomic E-state index is 12.8. The number of hydrogen-bond acceptors (Lipinski definition) is 4. The molecule has 0 unspecified atom stereocenters. The fourth-order valence-electron chi connectivity index (χ4n) is 2.74. The van der Waals surface area contributed by atoms with Gasteiger partial charge in [-0.3, -0.25) is 0 Å². The van der Waals surface area contributed by atoms with Crippen molar-refractivity contribution in [3.63, 3.8) is 0 Å². The molecule has 0 amide bonds. The van der Waals surface area contributed by atoms with Gasteiger partial charge in [-0.1, -0.05) is 13.0 Å². The minimum atomic E-state index is -3.45. The Morgan fingerprint density at radius 1 is 1.10 bits per heavy atom. The molecule has 0 N–H and O–H groups in total. The van der Waals surface area contributed by atoms with E-state index in [9.17, 15) is 8.42 Å². The van der Waals surface area contributed by atoms with E-state index in [1.807, 2.05) is 19.9 Å². The van der Waals surface area contributed by atoms with Crippen LogP contribution in [0.3, 0.4) is 0 Å². The number of nitrogens with zero attached hydrogens (tertiary/aromatic N) is 2. The van der Waals surface area contributed by atoms with Gasteiger partial charge in [0.05, 0.1) is 12.0 Å². The van der Waals surface area contributed by atoms with Crippen LogP contribution in [0, 0.1) is 13.8 Å². The maximum absolute atomic E-state index is 12.8. The van der Waals surface area contributed by atoms with E-state index in [1.165, 1.54) is 0 Å². The number of likely N-dealkylation sites (N-methyl/N-ethyl adjacent to an activating group) is 1. The van der Waals surface area contributed by atoms with Gasteiger partial charge in [-0.15, -0.1) is 0 Å². The number of piperazine rings is 1. The standard InChI is InChI=1S/C15H24N2O3S/c1-5-16-6-8-17(9-7-16)21(18,19)15-11-14(20-4)12(2)10-13(15)3/h10-11H,5-9H2,1-4H3. The molecular weight excluding hydrogens is 288 g/mol. The van der Waals surface area contributed by atoms with Crippen LogP contribution in [0.25, 0.3) is 0 Å². The van der Waals surface area contributed by atoms with Gasteiger partial charge >= 0.3 is 0 Å². The Balaban J connectivity index is 2.32. The fraction of sp³-hybridized carbons (Fsp3) is 0.600. The van der Waals surface area contributed by atoms with Crippen LogP contribution in [0.4, 0.5) is 0 Å². The zero-order valence-corrected chi connectivity index (χ0v) is 14.0. The number of rotatable bonds is 4. The normalized spacial score (nSPS) is 17.9. The molecule has 0 saturated carbocycles. The van der Waals surface area contributed by atoms with E-state index in [0.29, 0.717) is 23.7 Å². The quantitative estimate of drug-likeness (QED) is 0.848. The van der Waals surface area contributed by atoms with Crippen molar-refractivity contribution in [2.45, 2.75) is 25.7 Å². The molecule has 118 valence electrons. The second-order valence-electron chi connectivity index (χ2n) is 5.43. The van der Waals surface area contributed by atoms with E-state index in [0.717, 1.165) is 30.8 Å². The zero-order valence-electron chi connectivity index (χ0n) is 13.2. The van der Waals surface area contributed by atoms with Gasteiger partial charge in [0, 0.05) is 32.2 Å². The summed E-state index contributed by atoms with van der Waals surface area (Å²) in [6.45, 7) is 9.49. The summed E-state index contributed by atoms with van der Waals surface area (Å²) in [5, 5.41) is 0. The Hall–Kier alpha value is -1.11. The molecule has 1 aromatic rings. The highest BCUT2D eigenvalue weighted by molar-refractivity contribution is 7.89. The predicted molar refractivity (Wildman–Crippen MR) is 83.3 cm³/mol. The summed E-state index contributed by atoms with van der Waals surface area (Å²) in [6, 6.07) is 3.51. The lowest BCUT2D eigenvalue weighted by molar-refractivity contribution is 0.196. The van der Waals surface area contributed by atoms with Gasteiger partial charge in [0.15, 0.2) is 0 Å². The molecule has 6 heteroatoms. The van der Waals surface area contributed by atoms with Crippen LogP contribution in [0.5, 0.6) is 5.75 Å². The van der Waals surface area contributed by atoms with Gasteiger partial charge in [-0.2, -0.15) is 4.31 Å². The van der Waals surface area contributed by atoms with Crippen molar-refractivity contribution in [1.82, 2.24) is 9.21 Å². The number of aryl methyl sites for hydroxylation is 2. The third-order valence-electron chi connectivity index (χ3n) is 4.09. The lowest BCUT2D eigenvalue weighted by Crippen LogP contribution is -2.48. The number of benzene rings is 1. The Kier molecular flexibility index (Phi) is 4.91. The molecule has 0 atom stereocenters. The molecule has 1 saturated heterocycles. The first-order valence-electron chi connectivity index (χ1n) is 7.28. The minimum Gasteiger partial charge on any atom is -0.496 e. The van der Waals surface area contributed by atoms with Crippen molar-refractivity contribution in [3.8, 4) is 5.75 Å². The average Bonchev–Trinajstić information content (AvgIpc) is 2.47. The number of sulfonamides is 1. The van der Waals surface area contributed by atoms with E-state index in [4.69, 9.17) is 4.74 Å². The van der Waals surface area contributed by atoms with Crippen molar-refractivity contribution in [2.24, 2.45) is 0 Å². The van der Waals surface area contributed by atoms with Gasteiger partial charge in [-0.25, -0.2) is 8.42 Å². The molecule has 0 aromatic heterocycles. The van der Waals surface area contributed by atoms with Crippen molar-refractivity contribution < 1.29 is 13.2 Å². The molecule has 21 heavy (non-hydrogen) atoms. The van der Waals surface area contributed by atoms with Crippen LogP contribution in [0.2, 0.25) is 0 Å². The summed E-state index contributed by atoms with van der Waals surface area (Å²) in [5.74, 6) is 0.617. The van der Waals surface area contributed by atoms with E-state index in [-0.39, 0.29) is 0 Å². The summed E-state index contributed by atoms with van der Waals surface area (Å²) in [4.78, 5) is 2.61. The van der Waals surface area contributed by atoms with Crippen molar-refractivity contribution in [3.05, 3.63) is 23.3 Å². The summed E-state index contributed by atoms with van der Waals surface area (Å²) in [6.07, 6.45) is 0. The smallest absolute Gasteiger partial charge is 0.243 e. The van der Waals surface area contributed by atoms with Gasteiger partial charge in [-0.05, 0) is 31.5 Å².